The Balaban J connectivity index is 3.37. The van der Waals surface area contributed by atoms with Gasteiger partial charge in [0.15, 0.2) is 6.08 Å². The molecule has 0 saturated carbocycles. The number of hydrogen-bond donors (Lipinski definition) is 0. The Labute approximate surface area is 121 Å². The number of alkyl halides is 3. The highest BCUT2D eigenvalue weighted by atomic mass is 19.4. The lowest BCUT2D eigenvalue weighted by atomic mass is 10.1. The second-order valence-electron chi connectivity index (χ2n) is 4.85. The molecule has 0 spiro atoms. The molecular weight excluding hydrogens is 261 g/mol. The zero-order valence-electron chi connectivity index (χ0n) is 18.0. The summed E-state index contributed by atoms with van der Waals surface area (Å²) in [5.74, 6) is 0. The number of carbonyl (C=O) groups is 1. The Bertz CT molecular complexity index is 544. The standard InChI is InChI=1S/C12H21F3N2O2/c1-9(12(13,14)15)19-10(18)16-5-7-17(8-6-16)11(2,3)4/h9H,5-8H2,1-4H3/i5D2,6D2,7D,8D,9D. The molecule has 3 atom stereocenters. The first-order valence-electron chi connectivity index (χ1n) is 9.07. The van der Waals surface area contributed by atoms with Crippen molar-refractivity contribution in [3.8, 4) is 0 Å². The molecule has 1 rings (SSSR count). The third-order valence-corrected chi connectivity index (χ3v) is 2.25. The zero-order valence-corrected chi connectivity index (χ0v) is 11.0. The summed E-state index contributed by atoms with van der Waals surface area (Å²) >= 11 is 0. The van der Waals surface area contributed by atoms with Gasteiger partial charge in [-0.1, -0.05) is 0 Å². The molecule has 4 nitrogen and oxygen atoms in total. The lowest BCUT2D eigenvalue weighted by Crippen LogP contribution is -2.55. The van der Waals surface area contributed by atoms with Gasteiger partial charge in [0.25, 0.3) is 0 Å². The van der Waals surface area contributed by atoms with Gasteiger partial charge in [-0.25, -0.2) is 4.79 Å². The van der Waals surface area contributed by atoms with Crippen LogP contribution in [0.4, 0.5) is 18.0 Å². The zero-order chi connectivity index (χ0) is 21.1. The molecule has 1 aliphatic heterocycles. The van der Waals surface area contributed by atoms with Crippen molar-refractivity contribution in [2.45, 2.75) is 45.5 Å². The number of rotatable bonds is 1. The van der Waals surface area contributed by atoms with Gasteiger partial charge in [0, 0.05) is 34.3 Å². The minimum Gasteiger partial charge on any atom is -0.437 e. The monoisotopic (exact) mass is 289 g/mol. The summed E-state index contributed by atoms with van der Waals surface area (Å²) in [7, 11) is 0. The molecule has 0 aromatic carbocycles. The van der Waals surface area contributed by atoms with Crippen molar-refractivity contribution < 1.29 is 32.3 Å². The Kier molecular flexibility index (Phi) is 2.44. The molecule has 19 heavy (non-hydrogen) atoms. The number of ether oxygens (including phenoxy) is 1. The fraction of sp³-hybridized carbons (Fsp3) is 0.917. The number of amides is 1. The van der Waals surface area contributed by atoms with Gasteiger partial charge in [-0.15, -0.1) is 0 Å². The minimum atomic E-state index is -5.31. The number of hydrogen-bond acceptors (Lipinski definition) is 3. The normalized spacial score (nSPS) is 40.4. The van der Waals surface area contributed by atoms with Crippen molar-refractivity contribution in [1.29, 1.82) is 0 Å². The summed E-state index contributed by atoms with van der Waals surface area (Å²) in [6.45, 7) is -5.52. The molecule has 0 bridgehead atoms. The van der Waals surface area contributed by atoms with Crippen LogP contribution >= 0.6 is 0 Å². The predicted octanol–water partition coefficient (Wildman–Crippen LogP) is 2.49. The molecule has 0 radical (unpaired) electrons. The molecule has 7 heteroatoms. The van der Waals surface area contributed by atoms with E-state index >= 15 is 0 Å². The maximum absolute atomic E-state index is 12.8. The number of nitrogens with zero attached hydrogens (tertiary/aromatic N) is 2. The van der Waals surface area contributed by atoms with E-state index in [9.17, 15) is 18.0 Å². The summed E-state index contributed by atoms with van der Waals surface area (Å²) in [6, 6.07) is 0. The molecule has 1 heterocycles. The molecule has 1 amide bonds. The van der Waals surface area contributed by atoms with Gasteiger partial charge in [-0.05, 0) is 27.7 Å². The van der Waals surface area contributed by atoms with Gasteiger partial charge >= 0.3 is 12.3 Å². The second-order valence-corrected chi connectivity index (χ2v) is 4.85. The van der Waals surface area contributed by atoms with E-state index in [1.54, 1.807) is 0 Å². The van der Waals surface area contributed by atoms with Crippen LogP contribution in [0.5, 0.6) is 0 Å². The Morgan fingerprint density at radius 3 is 2.16 bits per heavy atom. The van der Waals surface area contributed by atoms with Crippen molar-refractivity contribution in [2.75, 3.05) is 26.0 Å². The van der Waals surface area contributed by atoms with Crippen molar-refractivity contribution in [2.24, 2.45) is 0 Å². The van der Waals surface area contributed by atoms with E-state index in [4.69, 9.17) is 9.60 Å². The molecule has 0 aromatic heterocycles. The smallest absolute Gasteiger partial charge is 0.425 e. The Hall–Kier alpha value is -0.980. The maximum atomic E-state index is 12.8. The molecule has 112 valence electrons. The van der Waals surface area contributed by atoms with Crippen LogP contribution in [0.25, 0.3) is 0 Å². The highest BCUT2D eigenvalue weighted by molar-refractivity contribution is 5.68. The van der Waals surface area contributed by atoms with Crippen LogP contribution in [0.15, 0.2) is 0 Å². The van der Waals surface area contributed by atoms with Crippen LogP contribution in [0.3, 0.4) is 0 Å². The van der Waals surface area contributed by atoms with E-state index in [1.165, 1.54) is 20.8 Å². The summed E-state index contributed by atoms with van der Waals surface area (Å²) in [4.78, 5) is 12.7. The molecule has 0 aromatic rings. The minimum absolute atomic E-state index is 0.206. The van der Waals surface area contributed by atoms with Gasteiger partial charge in [-0.3, -0.25) is 4.90 Å². The van der Waals surface area contributed by atoms with Gasteiger partial charge in [0.05, 0.1) is 6.85 Å². The molecule has 3 unspecified atom stereocenters. The first kappa shape index (κ1) is 8.34. The van der Waals surface area contributed by atoms with Gasteiger partial charge in [0.2, 0.25) is 0 Å². The molecule has 1 saturated heterocycles. The van der Waals surface area contributed by atoms with Crippen LogP contribution in [0.1, 0.15) is 37.3 Å². The summed E-state index contributed by atoms with van der Waals surface area (Å²) in [6.07, 6.45) is -11.2. The quantitative estimate of drug-likeness (QED) is 0.743. The molecule has 0 aliphatic carbocycles. The summed E-state index contributed by atoms with van der Waals surface area (Å²) in [5, 5.41) is 0. The Morgan fingerprint density at radius 1 is 1.32 bits per heavy atom. The third kappa shape index (κ3) is 4.56. The number of piperazine rings is 1. The molecular formula is C12H21F3N2O2. The van der Waals surface area contributed by atoms with Crippen LogP contribution in [0, 0.1) is 0 Å². The van der Waals surface area contributed by atoms with Gasteiger partial charge in [0.1, 0.15) is 0 Å². The number of carbonyl (C=O) groups excluding carboxylic acids is 1. The van der Waals surface area contributed by atoms with Gasteiger partial charge in [-0.2, -0.15) is 13.2 Å². The van der Waals surface area contributed by atoms with E-state index in [1.807, 2.05) is 0 Å². The SMILES string of the molecule is [2H]C1N(C(C)(C)C)C([2H])C([2H])([2H])N(C(=O)OC([2H])(C)C(F)(F)F)C1([2H])[2H]. The van der Waals surface area contributed by atoms with Crippen LogP contribution < -0.4 is 0 Å². The first-order valence-corrected chi connectivity index (χ1v) is 5.42. The van der Waals surface area contributed by atoms with E-state index in [0.29, 0.717) is 0 Å². The maximum Gasteiger partial charge on any atom is 0.425 e. The lowest BCUT2D eigenvalue weighted by Gasteiger charge is -2.42. The van der Waals surface area contributed by atoms with Crippen LogP contribution in [-0.2, 0) is 4.74 Å². The van der Waals surface area contributed by atoms with E-state index in [2.05, 4.69) is 4.74 Å². The highest BCUT2D eigenvalue weighted by Crippen LogP contribution is 2.23. The molecule has 1 aliphatic rings. The second kappa shape index (κ2) is 5.56. The van der Waals surface area contributed by atoms with Crippen molar-refractivity contribution in [3.63, 3.8) is 0 Å². The van der Waals surface area contributed by atoms with Crippen molar-refractivity contribution >= 4 is 6.09 Å². The lowest BCUT2D eigenvalue weighted by molar-refractivity contribution is -0.200. The van der Waals surface area contributed by atoms with E-state index in [0.717, 1.165) is 4.90 Å². The van der Waals surface area contributed by atoms with E-state index < -0.39 is 49.9 Å². The Morgan fingerprint density at radius 2 is 1.79 bits per heavy atom. The summed E-state index contributed by atoms with van der Waals surface area (Å²) < 4.78 is 97.2. The van der Waals surface area contributed by atoms with Crippen molar-refractivity contribution in [3.05, 3.63) is 0 Å². The fourth-order valence-corrected chi connectivity index (χ4v) is 1.04. The fourth-order valence-electron chi connectivity index (χ4n) is 1.04. The van der Waals surface area contributed by atoms with Crippen LogP contribution in [0.2, 0.25) is 0 Å². The average molecular weight is 289 g/mol. The van der Waals surface area contributed by atoms with Crippen LogP contribution in [-0.4, -0.2) is 59.7 Å². The topological polar surface area (TPSA) is 32.8 Å². The average Bonchev–Trinajstić information content (AvgIpc) is 2.32. The summed E-state index contributed by atoms with van der Waals surface area (Å²) in [5.41, 5.74) is -1.05. The molecule has 1 fully saturated rings. The van der Waals surface area contributed by atoms with E-state index in [-0.39, 0.29) is 11.8 Å². The highest BCUT2D eigenvalue weighted by Gasteiger charge is 2.40. The van der Waals surface area contributed by atoms with Gasteiger partial charge < -0.3 is 9.64 Å². The molecule has 0 N–H and O–H groups in total. The van der Waals surface area contributed by atoms with Crippen molar-refractivity contribution in [1.82, 2.24) is 9.80 Å². The first-order chi connectivity index (χ1) is 11.2. The number of halogens is 3. The third-order valence-electron chi connectivity index (χ3n) is 2.25. The predicted molar refractivity (Wildman–Crippen MR) is 64.9 cm³/mol. The largest absolute Gasteiger partial charge is 0.437 e.